The minimum Gasteiger partial charge on any atom is -0.462 e. The predicted octanol–water partition coefficient (Wildman–Crippen LogP) is 18.0. The minimum absolute atomic E-state index is 0.0841. The zero-order chi connectivity index (χ0) is 62.9. The maximum Gasteiger partial charge on any atom is 0.472 e. The summed E-state index contributed by atoms with van der Waals surface area (Å²) in [4.78, 5) is 72.2. The Kier molecular flexibility index (Phi) is 56.3. The number of unbranched alkanes of at least 4 members (excludes halogenated alkanes) is 29. The summed E-state index contributed by atoms with van der Waals surface area (Å²) in [5, 5.41) is 10.5. The number of aliphatic hydroxyl groups excluding tert-OH is 1. The molecule has 0 amide bonds. The Morgan fingerprint density at radius 1 is 0.388 bits per heavy atom. The van der Waals surface area contributed by atoms with E-state index >= 15 is 0 Å². The number of aliphatic hydroxyl groups is 1. The molecule has 0 radical (unpaired) electrons. The third kappa shape index (κ3) is 59.0. The molecule has 0 aliphatic rings. The smallest absolute Gasteiger partial charge is 0.462 e. The summed E-state index contributed by atoms with van der Waals surface area (Å²) in [6.45, 7) is 9.33. The number of phosphoric ester groups is 2. The van der Waals surface area contributed by atoms with Gasteiger partial charge in [0, 0.05) is 25.7 Å². The lowest BCUT2D eigenvalue weighted by molar-refractivity contribution is -0.161. The Bertz CT molecular complexity index is 1760. The van der Waals surface area contributed by atoms with Crippen molar-refractivity contribution in [2.75, 3.05) is 39.6 Å². The summed E-state index contributed by atoms with van der Waals surface area (Å²) >= 11 is 0. The number of esters is 4. The molecule has 6 atom stereocenters. The summed E-state index contributed by atoms with van der Waals surface area (Å²) < 4.78 is 68.0. The highest BCUT2D eigenvalue weighted by Gasteiger charge is 2.30. The molecular weight excluding hydrogens is 1130 g/mol. The van der Waals surface area contributed by atoms with Crippen LogP contribution in [0.3, 0.4) is 0 Å². The van der Waals surface area contributed by atoms with E-state index in [4.69, 9.17) is 37.0 Å². The number of rotatable bonds is 63. The summed E-state index contributed by atoms with van der Waals surface area (Å²) in [6, 6.07) is 0. The Labute approximate surface area is 516 Å². The van der Waals surface area contributed by atoms with Gasteiger partial charge in [0.2, 0.25) is 0 Å². The van der Waals surface area contributed by atoms with Gasteiger partial charge in [-0.1, -0.05) is 252 Å². The van der Waals surface area contributed by atoms with E-state index < -0.39 is 97.5 Å². The van der Waals surface area contributed by atoms with Gasteiger partial charge < -0.3 is 33.8 Å². The van der Waals surface area contributed by atoms with E-state index in [1.165, 1.54) is 109 Å². The topological polar surface area (TPSA) is 237 Å². The molecule has 0 spiro atoms. The van der Waals surface area contributed by atoms with Crippen LogP contribution >= 0.6 is 15.6 Å². The molecule has 0 fully saturated rings. The second-order valence-electron chi connectivity index (χ2n) is 23.9. The van der Waals surface area contributed by atoms with Gasteiger partial charge in [0.05, 0.1) is 26.4 Å². The van der Waals surface area contributed by atoms with Crippen molar-refractivity contribution in [2.45, 2.75) is 323 Å². The Hall–Kier alpha value is -2.46. The SMILES string of the molecule is CCCCCC/C=C\C=C/CCCCCCCC(=O)O[C@H](COC(=O)CCCCCCCCCCC(C)CC)COP(=O)(O)OC[C@@H](O)COP(=O)(O)OC[C@@H](COC(=O)CCCCCCCCCCC)OC(=O)CCCCCCCCC(C)C. The lowest BCUT2D eigenvalue weighted by Crippen LogP contribution is -2.30. The molecule has 0 saturated heterocycles. The van der Waals surface area contributed by atoms with Gasteiger partial charge in [0.15, 0.2) is 12.2 Å². The Balaban J connectivity index is 5.28. The van der Waals surface area contributed by atoms with E-state index in [1.54, 1.807) is 0 Å². The zero-order valence-electron chi connectivity index (χ0n) is 54.4. The monoisotopic (exact) mass is 1250 g/mol. The Morgan fingerprint density at radius 3 is 1.06 bits per heavy atom. The molecule has 85 heavy (non-hydrogen) atoms. The van der Waals surface area contributed by atoms with Crippen LogP contribution in [-0.4, -0.2) is 96.7 Å². The predicted molar refractivity (Wildman–Crippen MR) is 340 cm³/mol. The van der Waals surface area contributed by atoms with Gasteiger partial charge in [-0.3, -0.25) is 37.3 Å². The molecule has 500 valence electrons. The highest BCUT2D eigenvalue weighted by Crippen LogP contribution is 2.45. The molecule has 0 rings (SSSR count). The van der Waals surface area contributed by atoms with Crippen LogP contribution in [-0.2, 0) is 65.4 Å². The number of phosphoric acid groups is 2. The van der Waals surface area contributed by atoms with Crippen molar-refractivity contribution in [2.24, 2.45) is 11.8 Å². The van der Waals surface area contributed by atoms with E-state index in [9.17, 15) is 43.2 Å². The number of hydrogen-bond acceptors (Lipinski definition) is 15. The minimum atomic E-state index is -4.96. The molecular formula is C66H124O17P2. The molecule has 3 N–H and O–H groups in total. The van der Waals surface area contributed by atoms with Crippen molar-refractivity contribution >= 4 is 39.5 Å². The fourth-order valence-corrected chi connectivity index (χ4v) is 10.9. The largest absolute Gasteiger partial charge is 0.472 e. The van der Waals surface area contributed by atoms with Crippen LogP contribution in [0.1, 0.15) is 305 Å². The summed E-state index contributed by atoms with van der Waals surface area (Å²) in [5.41, 5.74) is 0. The molecule has 0 saturated carbocycles. The molecule has 0 aromatic carbocycles. The third-order valence-corrected chi connectivity index (χ3v) is 16.8. The number of ether oxygens (including phenoxy) is 4. The van der Waals surface area contributed by atoms with Crippen molar-refractivity contribution in [1.82, 2.24) is 0 Å². The van der Waals surface area contributed by atoms with Gasteiger partial charge in [0.1, 0.15) is 19.3 Å². The van der Waals surface area contributed by atoms with Crippen molar-refractivity contribution in [3.05, 3.63) is 24.3 Å². The summed E-state index contributed by atoms with van der Waals surface area (Å²) in [6.07, 6.45) is 44.0. The van der Waals surface area contributed by atoms with E-state index in [0.717, 1.165) is 109 Å². The fraction of sp³-hybridized carbons (Fsp3) is 0.879. The fourth-order valence-electron chi connectivity index (χ4n) is 9.31. The first-order chi connectivity index (χ1) is 40.9. The van der Waals surface area contributed by atoms with Gasteiger partial charge in [-0.25, -0.2) is 9.13 Å². The van der Waals surface area contributed by atoms with Gasteiger partial charge >= 0.3 is 39.5 Å². The summed E-state index contributed by atoms with van der Waals surface area (Å²) in [5.74, 6) is -0.725. The lowest BCUT2D eigenvalue weighted by Gasteiger charge is -2.21. The van der Waals surface area contributed by atoms with Gasteiger partial charge in [-0.2, -0.15) is 0 Å². The first-order valence-electron chi connectivity index (χ1n) is 33.8. The average molecular weight is 1250 g/mol. The zero-order valence-corrected chi connectivity index (χ0v) is 56.2. The van der Waals surface area contributed by atoms with Crippen molar-refractivity contribution in [3.8, 4) is 0 Å². The summed E-state index contributed by atoms with van der Waals surface area (Å²) in [7, 11) is -9.90. The van der Waals surface area contributed by atoms with E-state index in [-0.39, 0.29) is 25.7 Å². The first-order valence-corrected chi connectivity index (χ1v) is 36.8. The second-order valence-corrected chi connectivity index (χ2v) is 26.8. The quantitative estimate of drug-likeness (QED) is 0.0169. The number of carbonyl (C=O) groups excluding carboxylic acids is 4. The molecule has 0 heterocycles. The third-order valence-electron chi connectivity index (χ3n) is 14.9. The lowest BCUT2D eigenvalue weighted by atomic mass is 9.99. The highest BCUT2D eigenvalue weighted by atomic mass is 31.2. The second kappa shape index (κ2) is 57.9. The normalized spacial score (nSPS) is 14.8. The molecule has 0 aliphatic carbocycles. The van der Waals surface area contributed by atoms with Crippen molar-refractivity contribution < 1.29 is 80.2 Å². The van der Waals surface area contributed by atoms with Crippen molar-refractivity contribution in [3.63, 3.8) is 0 Å². The van der Waals surface area contributed by atoms with E-state index in [0.29, 0.717) is 31.6 Å². The van der Waals surface area contributed by atoms with Crippen LogP contribution in [0.4, 0.5) is 0 Å². The molecule has 0 aliphatic heterocycles. The van der Waals surface area contributed by atoms with Crippen LogP contribution in [0, 0.1) is 11.8 Å². The van der Waals surface area contributed by atoms with Crippen LogP contribution < -0.4 is 0 Å². The highest BCUT2D eigenvalue weighted by molar-refractivity contribution is 7.47. The Morgan fingerprint density at radius 2 is 0.694 bits per heavy atom. The molecule has 0 aromatic rings. The maximum atomic E-state index is 13.0. The first kappa shape index (κ1) is 82.5. The molecule has 3 unspecified atom stereocenters. The maximum absolute atomic E-state index is 13.0. The standard InChI is InChI=1S/C66H124O17P2/c1-7-10-12-14-16-18-19-20-21-22-23-25-31-38-44-50-65(70)82-61(54-77-64(69)49-43-37-30-27-26-28-35-41-47-59(6)9-3)56-80-84(72,73)78-52-60(67)53-79-85(74,75)81-57-62(83-66(71)51-45-39-33-32-34-40-46-58(4)5)55-76-63(68)48-42-36-29-24-17-15-13-11-8-2/h18-21,58-62,67H,7-17,22-57H2,1-6H3,(H,72,73)(H,74,75)/b19-18-,21-20-/t59?,60-,61-,62-/m1/s1. The van der Waals surface area contributed by atoms with Gasteiger partial charge in [-0.15, -0.1) is 0 Å². The average Bonchev–Trinajstić information content (AvgIpc) is 3.56. The molecule has 0 aromatic heterocycles. The van der Waals surface area contributed by atoms with Crippen LogP contribution in [0.15, 0.2) is 24.3 Å². The number of hydrogen-bond donors (Lipinski definition) is 3. The van der Waals surface area contributed by atoms with Crippen molar-refractivity contribution in [1.29, 1.82) is 0 Å². The van der Waals surface area contributed by atoms with Crippen LogP contribution in [0.5, 0.6) is 0 Å². The van der Waals surface area contributed by atoms with Crippen LogP contribution in [0.25, 0.3) is 0 Å². The van der Waals surface area contributed by atoms with E-state index in [1.807, 2.05) is 0 Å². The molecule has 17 nitrogen and oxygen atoms in total. The molecule has 19 heteroatoms. The van der Waals surface area contributed by atoms with E-state index in [2.05, 4.69) is 65.8 Å². The van der Waals surface area contributed by atoms with Gasteiger partial charge in [0.25, 0.3) is 0 Å². The molecule has 0 bridgehead atoms. The van der Waals surface area contributed by atoms with Crippen LogP contribution in [0.2, 0.25) is 0 Å². The number of carbonyl (C=O) groups is 4. The van der Waals surface area contributed by atoms with Gasteiger partial charge in [-0.05, 0) is 63.2 Å². The number of allylic oxidation sites excluding steroid dienone is 4.